The van der Waals surface area contributed by atoms with Crippen molar-refractivity contribution >= 4 is 35.0 Å². The summed E-state index contributed by atoms with van der Waals surface area (Å²) < 4.78 is 0. The fourth-order valence-corrected chi connectivity index (χ4v) is 2.77. The van der Waals surface area contributed by atoms with Gasteiger partial charge in [0.2, 0.25) is 5.91 Å². The van der Waals surface area contributed by atoms with Crippen molar-refractivity contribution in [2.45, 2.75) is 17.9 Å². The van der Waals surface area contributed by atoms with Gasteiger partial charge in [0.05, 0.1) is 16.7 Å². The highest BCUT2D eigenvalue weighted by atomic mass is 35.5. The fraction of sp³-hybridized carbons (Fsp3) is 0.188. The van der Waals surface area contributed by atoms with Gasteiger partial charge in [-0.1, -0.05) is 23.7 Å². The zero-order valence-corrected chi connectivity index (χ0v) is 13.9. The van der Waals surface area contributed by atoms with Crippen molar-refractivity contribution in [2.24, 2.45) is 0 Å². The molecule has 0 aliphatic heterocycles. The number of rotatable bonds is 6. The zero-order valence-electron chi connectivity index (χ0n) is 12.4. The standard InChI is InChI=1S/C16H15ClN2O3S/c1-11(12-2-4-13(17)5-3-12)18-16(20)10-23-15-8-6-14(7-9-15)19(21)22/h2-9,11H,10H2,1H3,(H,18,20)/t11-/m0/s1. The highest BCUT2D eigenvalue weighted by Crippen LogP contribution is 2.22. The number of non-ortho nitro benzene ring substituents is 1. The molecule has 7 heteroatoms. The quantitative estimate of drug-likeness (QED) is 0.481. The van der Waals surface area contributed by atoms with Crippen LogP contribution in [0.3, 0.4) is 0 Å². The lowest BCUT2D eigenvalue weighted by atomic mass is 10.1. The maximum atomic E-state index is 12.0. The number of nitro benzene ring substituents is 1. The number of benzene rings is 2. The van der Waals surface area contributed by atoms with E-state index in [1.165, 1.54) is 23.9 Å². The van der Waals surface area contributed by atoms with Gasteiger partial charge in [-0.15, -0.1) is 11.8 Å². The fourth-order valence-electron chi connectivity index (χ4n) is 1.93. The van der Waals surface area contributed by atoms with E-state index in [2.05, 4.69) is 5.32 Å². The highest BCUT2D eigenvalue weighted by Gasteiger charge is 2.10. The van der Waals surface area contributed by atoms with Gasteiger partial charge >= 0.3 is 0 Å². The molecule has 0 radical (unpaired) electrons. The van der Waals surface area contributed by atoms with Gasteiger partial charge in [-0.3, -0.25) is 14.9 Å². The van der Waals surface area contributed by atoms with Gasteiger partial charge in [0, 0.05) is 22.1 Å². The molecule has 1 amide bonds. The molecule has 0 saturated heterocycles. The molecule has 120 valence electrons. The maximum absolute atomic E-state index is 12.0. The molecule has 5 nitrogen and oxygen atoms in total. The molecule has 0 bridgehead atoms. The second-order valence-corrected chi connectivity index (χ2v) is 6.37. The van der Waals surface area contributed by atoms with Crippen molar-refractivity contribution in [3.8, 4) is 0 Å². The van der Waals surface area contributed by atoms with Crippen molar-refractivity contribution in [3.63, 3.8) is 0 Å². The summed E-state index contributed by atoms with van der Waals surface area (Å²) in [5.74, 6) is 0.145. The third-order valence-corrected chi connectivity index (χ3v) is 4.43. The second-order valence-electron chi connectivity index (χ2n) is 4.88. The van der Waals surface area contributed by atoms with Crippen LogP contribution in [-0.2, 0) is 4.79 Å². The van der Waals surface area contributed by atoms with Crippen LogP contribution in [0.2, 0.25) is 5.02 Å². The van der Waals surface area contributed by atoms with Gasteiger partial charge in [-0.25, -0.2) is 0 Å². The van der Waals surface area contributed by atoms with Crippen LogP contribution in [0.1, 0.15) is 18.5 Å². The van der Waals surface area contributed by atoms with E-state index in [0.717, 1.165) is 10.5 Å². The van der Waals surface area contributed by atoms with Crippen LogP contribution in [-0.4, -0.2) is 16.6 Å². The first-order valence-electron chi connectivity index (χ1n) is 6.88. The van der Waals surface area contributed by atoms with Crippen LogP contribution in [0.5, 0.6) is 0 Å². The normalized spacial score (nSPS) is 11.7. The molecule has 0 heterocycles. The Morgan fingerprint density at radius 2 is 1.83 bits per heavy atom. The number of halogens is 1. The Hall–Kier alpha value is -2.05. The minimum atomic E-state index is -0.449. The van der Waals surface area contributed by atoms with Crippen molar-refractivity contribution in [3.05, 3.63) is 69.2 Å². The highest BCUT2D eigenvalue weighted by molar-refractivity contribution is 8.00. The Balaban J connectivity index is 1.84. The number of hydrogen-bond donors (Lipinski definition) is 1. The van der Waals surface area contributed by atoms with Gasteiger partial charge in [0.1, 0.15) is 0 Å². The zero-order chi connectivity index (χ0) is 16.8. The molecule has 0 spiro atoms. The van der Waals surface area contributed by atoms with E-state index in [1.54, 1.807) is 24.3 Å². The topological polar surface area (TPSA) is 72.2 Å². The first-order chi connectivity index (χ1) is 11.0. The largest absolute Gasteiger partial charge is 0.349 e. The summed E-state index contributed by atoms with van der Waals surface area (Å²) in [6, 6.07) is 13.3. The average Bonchev–Trinajstić information content (AvgIpc) is 2.54. The Labute approximate surface area is 143 Å². The van der Waals surface area contributed by atoms with Crippen LogP contribution in [0.25, 0.3) is 0 Å². The minimum Gasteiger partial charge on any atom is -0.349 e. The van der Waals surface area contributed by atoms with Gasteiger partial charge in [-0.05, 0) is 36.8 Å². The lowest BCUT2D eigenvalue weighted by Gasteiger charge is -2.14. The molecule has 23 heavy (non-hydrogen) atoms. The van der Waals surface area contributed by atoms with E-state index in [1.807, 2.05) is 19.1 Å². The van der Waals surface area contributed by atoms with Crippen LogP contribution >= 0.6 is 23.4 Å². The molecule has 2 rings (SSSR count). The van der Waals surface area contributed by atoms with Crippen molar-refractivity contribution in [1.82, 2.24) is 5.32 Å². The second kappa shape index (κ2) is 7.99. The molecule has 0 aliphatic carbocycles. The van der Waals surface area contributed by atoms with Gasteiger partial charge in [0.25, 0.3) is 5.69 Å². The third-order valence-electron chi connectivity index (χ3n) is 3.16. The number of nitrogens with zero attached hydrogens (tertiary/aromatic N) is 1. The lowest BCUT2D eigenvalue weighted by Crippen LogP contribution is -2.28. The predicted molar refractivity (Wildman–Crippen MR) is 91.8 cm³/mol. The summed E-state index contributed by atoms with van der Waals surface area (Å²) >= 11 is 7.17. The Kier molecular flexibility index (Phi) is 6.01. The number of amides is 1. The van der Waals surface area contributed by atoms with Crippen molar-refractivity contribution in [2.75, 3.05) is 5.75 Å². The smallest absolute Gasteiger partial charge is 0.269 e. The van der Waals surface area contributed by atoms with Gasteiger partial charge < -0.3 is 5.32 Å². The van der Waals surface area contributed by atoms with Crippen LogP contribution < -0.4 is 5.32 Å². The Bertz CT molecular complexity index is 689. The van der Waals surface area contributed by atoms with Crippen LogP contribution in [0.4, 0.5) is 5.69 Å². The third kappa shape index (κ3) is 5.26. The Morgan fingerprint density at radius 1 is 1.22 bits per heavy atom. The summed E-state index contributed by atoms with van der Waals surface area (Å²) in [6.07, 6.45) is 0. The molecule has 0 aliphatic rings. The average molecular weight is 351 g/mol. The first kappa shape index (κ1) is 17.3. The summed E-state index contributed by atoms with van der Waals surface area (Å²) in [5, 5.41) is 14.1. The summed E-state index contributed by atoms with van der Waals surface area (Å²) in [4.78, 5) is 22.9. The molecule has 1 atom stereocenters. The number of hydrogen-bond acceptors (Lipinski definition) is 4. The predicted octanol–water partition coefficient (Wildman–Crippen LogP) is 4.22. The molecule has 0 aromatic heterocycles. The minimum absolute atomic E-state index is 0.0372. The maximum Gasteiger partial charge on any atom is 0.269 e. The first-order valence-corrected chi connectivity index (χ1v) is 8.24. The number of nitro groups is 1. The number of thioether (sulfide) groups is 1. The van der Waals surface area contributed by atoms with Crippen LogP contribution in [0.15, 0.2) is 53.4 Å². The molecule has 2 aromatic rings. The van der Waals surface area contributed by atoms with E-state index in [4.69, 9.17) is 11.6 Å². The molecular formula is C16H15ClN2O3S. The molecule has 0 fully saturated rings. The van der Waals surface area contributed by atoms with E-state index >= 15 is 0 Å². The molecule has 1 N–H and O–H groups in total. The van der Waals surface area contributed by atoms with E-state index in [-0.39, 0.29) is 23.4 Å². The Morgan fingerprint density at radius 3 is 2.39 bits per heavy atom. The van der Waals surface area contributed by atoms with E-state index < -0.39 is 4.92 Å². The number of carbonyl (C=O) groups is 1. The van der Waals surface area contributed by atoms with E-state index in [9.17, 15) is 14.9 Å². The van der Waals surface area contributed by atoms with Crippen molar-refractivity contribution in [1.29, 1.82) is 0 Å². The molecular weight excluding hydrogens is 336 g/mol. The summed E-state index contributed by atoms with van der Waals surface area (Å²) in [5.41, 5.74) is 1.01. The van der Waals surface area contributed by atoms with Gasteiger partial charge in [0.15, 0.2) is 0 Å². The summed E-state index contributed by atoms with van der Waals surface area (Å²) in [7, 11) is 0. The lowest BCUT2D eigenvalue weighted by molar-refractivity contribution is -0.384. The van der Waals surface area contributed by atoms with Crippen molar-refractivity contribution < 1.29 is 9.72 Å². The molecule has 0 unspecified atom stereocenters. The number of carbonyl (C=O) groups excluding carboxylic acids is 1. The number of nitrogens with one attached hydrogen (secondary N) is 1. The monoisotopic (exact) mass is 350 g/mol. The van der Waals surface area contributed by atoms with E-state index in [0.29, 0.717) is 5.02 Å². The molecule has 0 saturated carbocycles. The SMILES string of the molecule is C[C@H](NC(=O)CSc1ccc([N+](=O)[O-])cc1)c1ccc(Cl)cc1. The van der Waals surface area contributed by atoms with Gasteiger partial charge in [-0.2, -0.15) is 0 Å². The summed E-state index contributed by atoms with van der Waals surface area (Å²) in [6.45, 7) is 1.90. The van der Waals surface area contributed by atoms with Crippen LogP contribution in [0, 0.1) is 10.1 Å². The molecule has 2 aromatic carbocycles.